The Kier molecular flexibility index (Phi) is 5.44. The zero-order valence-corrected chi connectivity index (χ0v) is 11.5. The number of nitrogens with zero attached hydrogens (tertiary/aromatic N) is 1. The van der Waals surface area contributed by atoms with E-state index in [9.17, 15) is 9.59 Å². The van der Waals surface area contributed by atoms with E-state index in [4.69, 9.17) is 5.11 Å². The van der Waals surface area contributed by atoms with Crippen molar-refractivity contribution in [1.82, 2.24) is 10.2 Å². The van der Waals surface area contributed by atoms with E-state index in [2.05, 4.69) is 19.2 Å². The summed E-state index contributed by atoms with van der Waals surface area (Å²) in [6.45, 7) is 4.66. The third-order valence-electron chi connectivity index (χ3n) is 3.75. The van der Waals surface area contributed by atoms with Gasteiger partial charge >= 0.3 is 12.0 Å². The maximum atomic E-state index is 11.9. The molecular formula is C13H24N2O3. The minimum Gasteiger partial charge on any atom is -0.481 e. The van der Waals surface area contributed by atoms with Crippen molar-refractivity contribution in [1.29, 1.82) is 0 Å². The van der Waals surface area contributed by atoms with Crippen LogP contribution in [0.2, 0.25) is 0 Å². The summed E-state index contributed by atoms with van der Waals surface area (Å²) in [6.07, 6.45) is 3.29. The predicted molar refractivity (Wildman–Crippen MR) is 69.4 cm³/mol. The van der Waals surface area contributed by atoms with Gasteiger partial charge in [0.15, 0.2) is 0 Å². The molecule has 0 aromatic rings. The molecule has 1 saturated carbocycles. The molecule has 104 valence electrons. The number of urea groups is 1. The third-order valence-corrected chi connectivity index (χ3v) is 3.75. The molecule has 1 fully saturated rings. The Labute approximate surface area is 109 Å². The van der Waals surface area contributed by atoms with Gasteiger partial charge in [0.2, 0.25) is 0 Å². The molecule has 0 aromatic carbocycles. The summed E-state index contributed by atoms with van der Waals surface area (Å²) < 4.78 is 0. The summed E-state index contributed by atoms with van der Waals surface area (Å²) in [4.78, 5) is 23.8. The molecule has 0 saturated heterocycles. The van der Waals surface area contributed by atoms with E-state index in [-0.39, 0.29) is 25.0 Å². The molecule has 1 rings (SSSR count). The van der Waals surface area contributed by atoms with E-state index in [1.54, 1.807) is 7.05 Å². The molecule has 0 radical (unpaired) electrons. The van der Waals surface area contributed by atoms with Gasteiger partial charge < -0.3 is 15.3 Å². The van der Waals surface area contributed by atoms with Crippen LogP contribution in [-0.4, -0.2) is 41.6 Å². The summed E-state index contributed by atoms with van der Waals surface area (Å²) in [5.41, 5.74) is 0. The van der Waals surface area contributed by atoms with Crippen molar-refractivity contribution in [3.8, 4) is 0 Å². The van der Waals surface area contributed by atoms with E-state index in [0.29, 0.717) is 5.92 Å². The van der Waals surface area contributed by atoms with Crippen LogP contribution >= 0.6 is 0 Å². The van der Waals surface area contributed by atoms with Gasteiger partial charge in [-0.1, -0.05) is 13.8 Å². The molecule has 1 aliphatic rings. The molecular weight excluding hydrogens is 232 g/mol. The lowest BCUT2D eigenvalue weighted by molar-refractivity contribution is -0.137. The van der Waals surface area contributed by atoms with Crippen LogP contribution in [0.1, 0.15) is 39.5 Å². The van der Waals surface area contributed by atoms with Gasteiger partial charge in [0.25, 0.3) is 0 Å². The maximum Gasteiger partial charge on any atom is 0.317 e. The number of carboxylic acids is 1. The zero-order valence-electron chi connectivity index (χ0n) is 11.5. The van der Waals surface area contributed by atoms with Gasteiger partial charge in [-0.15, -0.1) is 0 Å². The monoisotopic (exact) mass is 256 g/mol. The Morgan fingerprint density at radius 3 is 2.56 bits per heavy atom. The number of nitrogens with one attached hydrogen (secondary N) is 1. The predicted octanol–water partition coefficient (Wildman–Crippen LogP) is 1.93. The Balaban J connectivity index is 2.37. The lowest BCUT2D eigenvalue weighted by Crippen LogP contribution is -2.47. The first-order chi connectivity index (χ1) is 8.40. The number of hydrogen-bond acceptors (Lipinski definition) is 2. The smallest absolute Gasteiger partial charge is 0.317 e. The van der Waals surface area contributed by atoms with Crippen LogP contribution in [0, 0.1) is 11.8 Å². The average molecular weight is 256 g/mol. The Bertz CT molecular complexity index is 307. The molecule has 0 aromatic heterocycles. The summed E-state index contributed by atoms with van der Waals surface area (Å²) in [5, 5.41) is 11.6. The van der Waals surface area contributed by atoms with Gasteiger partial charge in [0.05, 0.1) is 6.42 Å². The summed E-state index contributed by atoms with van der Waals surface area (Å²) in [6, 6.07) is 0.0589. The lowest BCUT2D eigenvalue weighted by atomic mass is 9.80. The number of amides is 2. The normalized spacial score (nSPS) is 27.6. The van der Waals surface area contributed by atoms with Crippen molar-refractivity contribution < 1.29 is 14.7 Å². The Morgan fingerprint density at radius 1 is 1.33 bits per heavy atom. The fourth-order valence-corrected chi connectivity index (χ4v) is 2.51. The number of aliphatic carboxylic acids is 1. The number of carbonyl (C=O) groups is 2. The summed E-state index contributed by atoms with van der Waals surface area (Å²) in [5.74, 6) is 0.345. The van der Waals surface area contributed by atoms with E-state index < -0.39 is 5.97 Å². The van der Waals surface area contributed by atoms with E-state index in [1.165, 1.54) is 4.90 Å². The van der Waals surface area contributed by atoms with Crippen molar-refractivity contribution in [2.45, 2.75) is 45.6 Å². The van der Waals surface area contributed by atoms with Crippen molar-refractivity contribution in [2.75, 3.05) is 13.6 Å². The van der Waals surface area contributed by atoms with Crippen LogP contribution in [-0.2, 0) is 4.79 Å². The molecule has 0 heterocycles. The molecule has 0 aliphatic heterocycles. The molecule has 2 amide bonds. The largest absolute Gasteiger partial charge is 0.481 e. The van der Waals surface area contributed by atoms with Crippen molar-refractivity contribution in [3.63, 3.8) is 0 Å². The van der Waals surface area contributed by atoms with Crippen LogP contribution < -0.4 is 5.32 Å². The zero-order chi connectivity index (χ0) is 13.7. The van der Waals surface area contributed by atoms with Crippen LogP contribution in [0.4, 0.5) is 4.79 Å². The van der Waals surface area contributed by atoms with Crippen molar-refractivity contribution >= 4 is 12.0 Å². The Morgan fingerprint density at radius 2 is 2.00 bits per heavy atom. The van der Waals surface area contributed by atoms with Crippen molar-refractivity contribution in [3.05, 3.63) is 0 Å². The first kappa shape index (κ1) is 14.8. The van der Waals surface area contributed by atoms with Crippen LogP contribution in [0.15, 0.2) is 0 Å². The molecule has 3 atom stereocenters. The molecule has 3 unspecified atom stereocenters. The molecule has 0 bridgehead atoms. The molecule has 0 spiro atoms. The fraction of sp³-hybridized carbons (Fsp3) is 0.846. The van der Waals surface area contributed by atoms with Gasteiger partial charge in [-0.2, -0.15) is 0 Å². The van der Waals surface area contributed by atoms with Crippen molar-refractivity contribution in [2.24, 2.45) is 11.8 Å². The average Bonchev–Trinajstić information content (AvgIpc) is 2.29. The number of hydrogen-bond donors (Lipinski definition) is 2. The minimum atomic E-state index is -0.880. The maximum absolute atomic E-state index is 11.9. The molecule has 5 heteroatoms. The lowest BCUT2D eigenvalue weighted by Gasteiger charge is -2.34. The summed E-state index contributed by atoms with van der Waals surface area (Å²) >= 11 is 0. The second kappa shape index (κ2) is 6.61. The van der Waals surface area contributed by atoms with Crippen LogP contribution in [0.5, 0.6) is 0 Å². The number of rotatable bonds is 4. The first-order valence-corrected chi connectivity index (χ1v) is 6.63. The minimum absolute atomic E-state index is 0.0127. The van der Waals surface area contributed by atoms with Crippen LogP contribution in [0.3, 0.4) is 0 Å². The van der Waals surface area contributed by atoms with Gasteiger partial charge in [-0.25, -0.2) is 4.79 Å². The van der Waals surface area contributed by atoms with Gasteiger partial charge in [0, 0.05) is 19.6 Å². The molecule has 5 nitrogen and oxygen atoms in total. The molecule has 2 N–H and O–H groups in total. The first-order valence-electron chi connectivity index (χ1n) is 6.63. The molecule has 1 aliphatic carbocycles. The molecule has 18 heavy (non-hydrogen) atoms. The van der Waals surface area contributed by atoms with Gasteiger partial charge in [-0.3, -0.25) is 4.79 Å². The second-order valence-electron chi connectivity index (χ2n) is 5.52. The standard InChI is InChI=1S/C13H24N2O3/c1-9-4-5-11(10(2)8-9)14-13(18)15(3)7-6-12(16)17/h9-11H,4-8H2,1-3H3,(H,14,18)(H,16,17). The van der Waals surface area contributed by atoms with E-state index in [0.717, 1.165) is 25.2 Å². The summed E-state index contributed by atoms with van der Waals surface area (Å²) in [7, 11) is 1.63. The highest BCUT2D eigenvalue weighted by molar-refractivity contribution is 5.75. The number of carboxylic acid groups (broad SMARTS) is 1. The third kappa shape index (κ3) is 4.55. The fourth-order valence-electron chi connectivity index (χ4n) is 2.51. The number of carbonyl (C=O) groups excluding carboxylic acids is 1. The van der Waals surface area contributed by atoms with Crippen LogP contribution in [0.25, 0.3) is 0 Å². The Hall–Kier alpha value is -1.26. The van der Waals surface area contributed by atoms with E-state index >= 15 is 0 Å². The van der Waals surface area contributed by atoms with Gasteiger partial charge in [-0.05, 0) is 31.1 Å². The van der Waals surface area contributed by atoms with Gasteiger partial charge in [0.1, 0.15) is 0 Å². The second-order valence-corrected chi connectivity index (χ2v) is 5.52. The quantitative estimate of drug-likeness (QED) is 0.807. The topological polar surface area (TPSA) is 69.6 Å². The van der Waals surface area contributed by atoms with E-state index in [1.807, 2.05) is 0 Å². The highest BCUT2D eigenvalue weighted by Crippen LogP contribution is 2.28. The SMILES string of the molecule is CC1CCC(NC(=O)N(C)CCC(=O)O)C(C)C1. The highest BCUT2D eigenvalue weighted by Gasteiger charge is 2.27. The highest BCUT2D eigenvalue weighted by atomic mass is 16.4.